The first kappa shape index (κ1) is 90.9. The topological polar surface area (TPSA) is 427 Å². The number of hydrogen-bond acceptors (Lipinski definition) is 23. The largest absolute Gasteiger partial charge is 0.508 e. The zero-order chi connectivity index (χ0) is 97.3. The minimum Gasteiger partial charge on any atom is -0.508 e. The number of pyridine rings is 4. The molecule has 0 saturated heterocycles. The molecule has 140 heavy (non-hydrogen) atoms. The van der Waals surface area contributed by atoms with Crippen molar-refractivity contribution in [1.29, 1.82) is 0 Å². The molecule has 21 aromatic rings. The first-order valence-electron chi connectivity index (χ1n) is 45.1. The normalized spacial score (nSPS) is 12.9. The van der Waals surface area contributed by atoms with Crippen LogP contribution in [0.1, 0.15) is 108 Å². The maximum absolute atomic E-state index is 14.8. The highest BCUT2D eigenvalue weighted by Gasteiger charge is 2.31. The van der Waals surface area contributed by atoms with Gasteiger partial charge in [0.2, 0.25) is 0 Å². The number of phenols is 3. The summed E-state index contributed by atoms with van der Waals surface area (Å²) in [6.45, 7) is 8.67. The molecule has 0 amide bonds. The van der Waals surface area contributed by atoms with Gasteiger partial charge in [-0.3, -0.25) is 28.3 Å². The van der Waals surface area contributed by atoms with Gasteiger partial charge in [0.1, 0.15) is 98.3 Å². The number of para-hydroxylation sites is 2. The summed E-state index contributed by atoms with van der Waals surface area (Å²) in [4.78, 5) is 88.8. The van der Waals surface area contributed by atoms with Crippen molar-refractivity contribution in [2.45, 2.75) is 117 Å². The summed E-state index contributed by atoms with van der Waals surface area (Å²) in [5.41, 5.74) is 36.2. The second-order valence-corrected chi connectivity index (χ2v) is 35.8. The summed E-state index contributed by atoms with van der Waals surface area (Å²) in [7, 11) is 0. The number of rotatable bonds is 15. The minimum atomic E-state index is -0.771. The highest BCUT2D eigenvalue weighted by molar-refractivity contribution is 14.1. The van der Waals surface area contributed by atoms with Crippen LogP contribution < -0.4 is 45.2 Å². The Kier molecular flexibility index (Phi) is 24.2. The summed E-state index contributed by atoms with van der Waals surface area (Å²) in [5, 5.41) is 55.3. The predicted octanol–water partition coefficient (Wildman–Crippen LogP) is 17.8. The molecule has 0 atom stereocenters. The summed E-state index contributed by atoms with van der Waals surface area (Å²) in [6.07, 6.45) is 14.1. The number of hydrogen-bond donors (Lipinski definition) is 7. The lowest BCUT2D eigenvalue weighted by molar-refractivity contribution is 0.432. The van der Waals surface area contributed by atoms with Crippen LogP contribution in [-0.4, -0.2) is 113 Å². The van der Waals surface area contributed by atoms with E-state index in [0.717, 1.165) is 133 Å². The van der Waals surface area contributed by atoms with Gasteiger partial charge in [0.05, 0.1) is 80.6 Å². The van der Waals surface area contributed by atoms with Crippen LogP contribution in [0.5, 0.6) is 17.2 Å². The molecule has 0 radical (unpaired) electrons. The van der Waals surface area contributed by atoms with Crippen LogP contribution in [0.3, 0.4) is 0 Å². The molecule has 0 bridgehead atoms. The number of fused-ring (bicyclic) bond motifs is 8. The average molecular weight is 1990 g/mol. The van der Waals surface area contributed by atoms with E-state index >= 15 is 0 Å². The fourth-order valence-corrected chi connectivity index (χ4v) is 20.3. The number of nitrogen functional groups attached to an aromatic ring is 4. The summed E-state index contributed by atoms with van der Waals surface area (Å²) >= 11 is 2.16. The molecule has 2 aliphatic rings. The van der Waals surface area contributed by atoms with Crippen LogP contribution >= 0.6 is 22.6 Å². The van der Waals surface area contributed by atoms with Crippen molar-refractivity contribution in [3.05, 3.63) is 345 Å². The number of aromatic hydroxyl groups is 3. The Morgan fingerprint density at radius 3 is 1.13 bits per heavy atom. The summed E-state index contributed by atoms with van der Waals surface area (Å²) in [5.74, 6) is -2.29. The van der Waals surface area contributed by atoms with Crippen LogP contribution in [0.2, 0.25) is 0 Å². The Morgan fingerprint density at radius 1 is 0.336 bits per heavy atom. The third-order valence-electron chi connectivity index (χ3n) is 25.9. The molecule has 0 unspecified atom stereocenters. The van der Waals surface area contributed by atoms with Gasteiger partial charge in [-0.05, 0) is 211 Å². The number of phenolic OH excluding ortho intramolecular Hbond substituents is 3. The number of benzene rings is 9. The number of aryl methyl sites for hydroxylation is 4. The van der Waals surface area contributed by atoms with E-state index in [0.29, 0.717) is 114 Å². The van der Waals surface area contributed by atoms with E-state index in [4.69, 9.17) is 28.0 Å². The van der Waals surface area contributed by atoms with Crippen molar-refractivity contribution in [1.82, 2.24) is 97.3 Å². The van der Waals surface area contributed by atoms with E-state index in [1.807, 2.05) is 108 Å². The lowest BCUT2D eigenvalue weighted by Crippen LogP contribution is -2.28. The van der Waals surface area contributed by atoms with Gasteiger partial charge in [-0.2, -0.15) is 20.4 Å². The third-order valence-corrected chi connectivity index (χ3v) is 26.7. The molecule has 12 heterocycles. The van der Waals surface area contributed by atoms with Gasteiger partial charge in [-0.25, -0.2) is 76.2 Å². The molecule has 700 valence electrons. The average Bonchev–Trinajstić information content (AvgIpc) is 1.44. The number of halogens is 5. The lowest BCUT2D eigenvalue weighted by Gasteiger charge is -2.21. The molecule has 0 spiro atoms. The summed E-state index contributed by atoms with van der Waals surface area (Å²) in [6, 6.07) is 58.0. The molecule has 2 fully saturated rings. The molecule has 2 saturated carbocycles. The standard InChI is InChI=1S/2C28H20F2N6O2.C27H26N6O2.C21H21IN6O/c1-15-5-2-3-8-22(15)36-19(10-16-6-4-7-21(30)23(16)28(36)38)13-35-27-24(26(31)32-14-33-27)25(34-35)17-9-18(29)12-20(37)11-17;1-15-5-2-3-8-21(15)36-18(11-16-6-4-7-20(30)23(16)28(36)38)13-35-27-24(26(31)32-14-33-27)25(34-35)17-9-10-19(29)22(37)12-17;1-16-6-4-7-17-12-20(33(27(35)22(16)17)19-9-2-3-10-19)14-32-26-23(25(28)29-15-30-26)24(31-32)18-8-5-11-21(34)13-18;1-12-5-4-6-13-9-15(28(21(29)16(12)13)14-7-2-3-8-14)10-27-20-17(18(22)26-27)19(23)24-11-25-20/h2*2-12,14,37H,13H2,1H3,(H2,31,32,33);4-8,11-13,15,19,34H,2-3,9-10,14H2,1H3,(H2,28,29,30);4-6,9,11,14H,2-3,7-8,10H2,1H3,(H2,23,24,25). The van der Waals surface area contributed by atoms with E-state index < -0.39 is 40.1 Å². The first-order valence-corrected chi connectivity index (χ1v) is 46.2. The Labute approximate surface area is 805 Å². The molecule has 9 aromatic carbocycles. The van der Waals surface area contributed by atoms with Crippen molar-refractivity contribution in [3.8, 4) is 62.4 Å². The second kappa shape index (κ2) is 37.3. The van der Waals surface area contributed by atoms with Gasteiger partial charge in [-0.1, -0.05) is 135 Å². The monoisotopic (exact) mass is 1990 g/mol. The van der Waals surface area contributed by atoms with Crippen molar-refractivity contribution >= 4 is 133 Å². The fraction of sp³-hybridized carbons (Fsp3) is 0.173. The highest BCUT2D eigenvalue weighted by atomic mass is 127. The molecule has 2 aliphatic carbocycles. The Bertz CT molecular complexity index is 8840. The van der Waals surface area contributed by atoms with Crippen molar-refractivity contribution in [2.24, 2.45) is 0 Å². The number of nitrogens with two attached hydrogens (primary N) is 4. The van der Waals surface area contributed by atoms with Crippen LogP contribution in [0.25, 0.3) is 132 Å². The van der Waals surface area contributed by atoms with Crippen LogP contribution in [0.15, 0.2) is 251 Å². The van der Waals surface area contributed by atoms with Crippen LogP contribution in [0, 0.1) is 54.7 Å². The van der Waals surface area contributed by atoms with Gasteiger partial charge in [0, 0.05) is 57.6 Å². The van der Waals surface area contributed by atoms with Crippen LogP contribution in [-0.2, 0) is 26.2 Å². The van der Waals surface area contributed by atoms with E-state index in [-0.39, 0.29) is 81.5 Å². The van der Waals surface area contributed by atoms with Gasteiger partial charge in [-0.15, -0.1) is 0 Å². The minimum absolute atomic E-state index is 0.0149. The molecule has 36 heteroatoms. The smallest absolute Gasteiger partial charge is 0.266 e. The van der Waals surface area contributed by atoms with Gasteiger partial charge in [0.15, 0.2) is 34.2 Å². The molecule has 0 aliphatic heterocycles. The lowest BCUT2D eigenvalue weighted by atomic mass is 10.0. The van der Waals surface area contributed by atoms with E-state index in [9.17, 15) is 52.1 Å². The van der Waals surface area contributed by atoms with Crippen LogP contribution in [0.4, 0.5) is 40.8 Å². The molecule has 23 rings (SSSR count). The Hall–Kier alpha value is -16.9. The summed E-state index contributed by atoms with van der Waals surface area (Å²) < 4.78 is 71.9. The van der Waals surface area contributed by atoms with Gasteiger partial charge in [0.25, 0.3) is 22.2 Å². The quantitative estimate of drug-likeness (QED) is 0.0370. The Morgan fingerprint density at radius 2 is 0.700 bits per heavy atom. The SMILES string of the molecule is Cc1cccc2cc(Cn3nc(-c4cccc(O)c4)c4c(N)ncnc43)n(C3CCCC3)c(=O)c12.Cc1cccc2cc(Cn3nc(I)c4c(N)ncnc43)n(C3CCCC3)c(=O)c12.Cc1ccccc1-n1c(Cn2nc(-c3cc(O)cc(F)c3)c3c(N)ncnc32)cc2cccc(F)c2c1=O.Cc1ccccc1-n1c(Cn2nc(-c3ccc(F)c(O)c3)c3c(N)ncnc32)cc2cccc(F)c2c1=O. The van der Waals surface area contributed by atoms with E-state index in [2.05, 4.69) is 89.9 Å². The van der Waals surface area contributed by atoms with Crippen molar-refractivity contribution in [3.63, 3.8) is 0 Å². The Balaban J connectivity index is 0.000000115. The second-order valence-electron chi connectivity index (χ2n) is 34.8. The first-order chi connectivity index (χ1) is 67.7. The zero-order valence-electron chi connectivity index (χ0n) is 75.7. The number of anilines is 4. The van der Waals surface area contributed by atoms with E-state index in [1.54, 1.807) is 88.2 Å². The van der Waals surface area contributed by atoms with Crippen molar-refractivity contribution in [2.75, 3.05) is 22.9 Å². The molecule has 11 N–H and O–H groups in total. The van der Waals surface area contributed by atoms with Gasteiger partial charge < -0.3 is 47.4 Å². The number of nitrogens with zero attached hydrogens (tertiary/aromatic N) is 20. The zero-order valence-corrected chi connectivity index (χ0v) is 77.9. The van der Waals surface area contributed by atoms with E-state index in [1.165, 1.54) is 75.5 Å². The maximum Gasteiger partial charge on any atom is 0.266 e. The maximum atomic E-state index is 14.8. The fourth-order valence-electron chi connectivity index (χ4n) is 19.5. The predicted molar refractivity (Wildman–Crippen MR) is 539 cm³/mol. The van der Waals surface area contributed by atoms with Gasteiger partial charge >= 0.3 is 0 Å². The molecular weight excluding hydrogens is 1900 g/mol. The third kappa shape index (κ3) is 16.8. The highest BCUT2D eigenvalue weighted by Crippen LogP contribution is 2.40. The molecule has 31 nitrogen and oxygen atoms in total. The number of aromatic nitrogens is 20. The molecule has 12 aromatic heterocycles. The van der Waals surface area contributed by atoms with Crippen molar-refractivity contribution < 1.29 is 32.9 Å². The molecular formula is C104H87F4IN24O7.